The zero-order chi connectivity index (χ0) is 18.1. The number of hydrogen-bond acceptors (Lipinski definition) is 2. The maximum Gasteiger partial charge on any atom is 0.251 e. The maximum atomic E-state index is 12.7. The van der Waals surface area contributed by atoms with Gasteiger partial charge >= 0.3 is 0 Å². The lowest BCUT2D eigenvalue weighted by Gasteiger charge is -2.19. The normalized spacial score (nSPS) is 12.2. The van der Waals surface area contributed by atoms with Gasteiger partial charge in [0.1, 0.15) is 0 Å². The van der Waals surface area contributed by atoms with Crippen LogP contribution < -0.4 is 11.1 Å². The SMILES string of the molecule is CC(NC(=O)c1ccc(N)cc1)c1c2ccccc2cc2ccccc12. The lowest BCUT2D eigenvalue weighted by molar-refractivity contribution is 0.0940. The Morgan fingerprint density at radius 3 is 1.96 bits per heavy atom. The molecule has 0 saturated carbocycles. The van der Waals surface area contributed by atoms with Crippen molar-refractivity contribution >= 4 is 33.1 Å². The molecular formula is C23H20N2O. The molecule has 0 fully saturated rings. The van der Waals surface area contributed by atoms with Crippen molar-refractivity contribution in [3.63, 3.8) is 0 Å². The first-order chi connectivity index (χ1) is 12.6. The Balaban J connectivity index is 1.78. The highest BCUT2D eigenvalue weighted by atomic mass is 16.1. The van der Waals surface area contributed by atoms with Crippen LogP contribution in [0.5, 0.6) is 0 Å². The molecule has 4 rings (SSSR count). The Kier molecular flexibility index (Phi) is 4.05. The van der Waals surface area contributed by atoms with Gasteiger partial charge in [-0.3, -0.25) is 4.79 Å². The third-order valence-electron chi connectivity index (χ3n) is 4.77. The van der Waals surface area contributed by atoms with E-state index in [4.69, 9.17) is 5.73 Å². The van der Waals surface area contributed by atoms with Crippen LogP contribution in [0, 0.1) is 0 Å². The Hall–Kier alpha value is -3.33. The summed E-state index contributed by atoms with van der Waals surface area (Å²) in [4.78, 5) is 12.7. The molecule has 128 valence electrons. The number of nitrogens with one attached hydrogen (secondary N) is 1. The molecule has 0 bridgehead atoms. The lowest BCUT2D eigenvalue weighted by Crippen LogP contribution is -2.27. The van der Waals surface area contributed by atoms with Gasteiger partial charge < -0.3 is 11.1 Å². The standard InChI is InChI=1S/C23H20N2O/c1-15(25-23(26)16-10-12-19(24)13-11-16)22-20-8-4-2-6-17(20)14-18-7-3-5-9-21(18)22/h2-15H,24H2,1H3,(H,25,26). The van der Waals surface area contributed by atoms with Crippen LogP contribution in [0.4, 0.5) is 5.69 Å². The van der Waals surface area contributed by atoms with E-state index in [9.17, 15) is 4.79 Å². The van der Waals surface area contributed by atoms with Crippen LogP contribution in [0.15, 0.2) is 78.9 Å². The molecule has 1 amide bonds. The van der Waals surface area contributed by atoms with E-state index in [2.05, 4.69) is 35.6 Å². The molecule has 0 heterocycles. The van der Waals surface area contributed by atoms with Crippen LogP contribution in [0.3, 0.4) is 0 Å². The third-order valence-corrected chi connectivity index (χ3v) is 4.77. The molecule has 0 radical (unpaired) electrons. The van der Waals surface area contributed by atoms with Gasteiger partial charge in [0, 0.05) is 11.3 Å². The number of carbonyl (C=O) groups is 1. The highest BCUT2D eigenvalue weighted by Gasteiger charge is 2.16. The molecule has 3 N–H and O–H groups in total. The molecule has 1 atom stereocenters. The van der Waals surface area contributed by atoms with E-state index in [0.29, 0.717) is 11.3 Å². The minimum absolute atomic E-state index is 0.102. The topological polar surface area (TPSA) is 55.1 Å². The number of rotatable bonds is 3. The number of nitrogens with two attached hydrogens (primary N) is 1. The second-order valence-corrected chi connectivity index (χ2v) is 6.55. The molecule has 4 aromatic rings. The predicted molar refractivity (Wildman–Crippen MR) is 108 cm³/mol. The first kappa shape index (κ1) is 16.2. The van der Waals surface area contributed by atoms with E-state index in [1.807, 2.05) is 31.2 Å². The van der Waals surface area contributed by atoms with E-state index < -0.39 is 0 Å². The van der Waals surface area contributed by atoms with Gasteiger partial charge in [-0.05, 0) is 64.4 Å². The molecular weight excluding hydrogens is 320 g/mol. The first-order valence-corrected chi connectivity index (χ1v) is 8.70. The number of fused-ring (bicyclic) bond motifs is 2. The molecule has 0 saturated heterocycles. The number of nitrogen functional groups attached to an aromatic ring is 1. The van der Waals surface area contributed by atoms with E-state index in [1.54, 1.807) is 24.3 Å². The number of anilines is 1. The van der Waals surface area contributed by atoms with Gasteiger partial charge in [-0.1, -0.05) is 48.5 Å². The van der Waals surface area contributed by atoms with Crippen LogP contribution in [0.2, 0.25) is 0 Å². The smallest absolute Gasteiger partial charge is 0.251 e. The first-order valence-electron chi connectivity index (χ1n) is 8.70. The van der Waals surface area contributed by atoms with Crippen molar-refractivity contribution in [2.24, 2.45) is 0 Å². The van der Waals surface area contributed by atoms with E-state index in [1.165, 1.54) is 10.8 Å². The van der Waals surface area contributed by atoms with Crippen molar-refractivity contribution in [1.29, 1.82) is 0 Å². The average Bonchev–Trinajstić information content (AvgIpc) is 2.66. The van der Waals surface area contributed by atoms with E-state index in [-0.39, 0.29) is 11.9 Å². The van der Waals surface area contributed by atoms with Gasteiger partial charge in [-0.25, -0.2) is 0 Å². The van der Waals surface area contributed by atoms with Crippen molar-refractivity contribution < 1.29 is 4.79 Å². The van der Waals surface area contributed by atoms with Crippen LogP contribution in [0.25, 0.3) is 21.5 Å². The largest absolute Gasteiger partial charge is 0.399 e. The van der Waals surface area contributed by atoms with Gasteiger partial charge in [0.25, 0.3) is 5.91 Å². The summed E-state index contributed by atoms with van der Waals surface area (Å²) in [6.07, 6.45) is 0. The van der Waals surface area contributed by atoms with Crippen LogP contribution in [-0.4, -0.2) is 5.91 Å². The maximum absolute atomic E-state index is 12.7. The molecule has 0 aliphatic carbocycles. The molecule has 0 aromatic heterocycles. The Morgan fingerprint density at radius 1 is 0.846 bits per heavy atom. The second-order valence-electron chi connectivity index (χ2n) is 6.55. The van der Waals surface area contributed by atoms with Crippen LogP contribution >= 0.6 is 0 Å². The highest BCUT2D eigenvalue weighted by Crippen LogP contribution is 2.32. The molecule has 0 aliphatic heterocycles. The Bertz CT molecular complexity index is 1050. The van der Waals surface area contributed by atoms with Gasteiger partial charge in [0.05, 0.1) is 6.04 Å². The fourth-order valence-corrected chi connectivity index (χ4v) is 3.50. The van der Waals surface area contributed by atoms with E-state index >= 15 is 0 Å². The lowest BCUT2D eigenvalue weighted by atomic mass is 9.92. The number of amides is 1. The zero-order valence-electron chi connectivity index (χ0n) is 14.6. The average molecular weight is 340 g/mol. The molecule has 3 heteroatoms. The van der Waals surface area contributed by atoms with Crippen molar-refractivity contribution in [2.75, 3.05) is 5.73 Å². The molecule has 0 aliphatic rings. The zero-order valence-corrected chi connectivity index (χ0v) is 14.6. The summed E-state index contributed by atoms with van der Waals surface area (Å²) in [6.45, 7) is 2.03. The summed E-state index contributed by atoms with van der Waals surface area (Å²) < 4.78 is 0. The number of carbonyl (C=O) groups excluding carboxylic acids is 1. The summed E-state index contributed by atoms with van der Waals surface area (Å²) in [7, 11) is 0. The Labute approximate surface area is 152 Å². The summed E-state index contributed by atoms with van der Waals surface area (Å²) in [6, 6.07) is 25.7. The van der Waals surface area contributed by atoms with Gasteiger partial charge in [-0.2, -0.15) is 0 Å². The molecule has 0 spiro atoms. The fraction of sp³-hybridized carbons (Fsp3) is 0.0870. The van der Waals surface area contributed by atoms with Gasteiger partial charge in [0.15, 0.2) is 0 Å². The molecule has 1 unspecified atom stereocenters. The summed E-state index contributed by atoms with van der Waals surface area (Å²) in [5.74, 6) is -0.102. The second kappa shape index (κ2) is 6.52. The minimum Gasteiger partial charge on any atom is -0.399 e. The van der Waals surface area contributed by atoms with Gasteiger partial charge in [-0.15, -0.1) is 0 Å². The van der Waals surface area contributed by atoms with Crippen LogP contribution in [0.1, 0.15) is 28.9 Å². The predicted octanol–water partition coefficient (Wildman–Crippen LogP) is 5.07. The molecule has 4 aromatic carbocycles. The fourth-order valence-electron chi connectivity index (χ4n) is 3.50. The summed E-state index contributed by atoms with van der Waals surface area (Å²) >= 11 is 0. The quantitative estimate of drug-likeness (QED) is 0.404. The molecule has 26 heavy (non-hydrogen) atoms. The molecule has 3 nitrogen and oxygen atoms in total. The van der Waals surface area contributed by atoms with Crippen molar-refractivity contribution in [1.82, 2.24) is 5.32 Å². The van der Waals surface area contributed by atoms with Crippen molar-refractivity contribution in [2.45, 2.75) is 13.0 Å². The third kappa shape index (κ3) is 2.88. The van der Waals surface area contributed by atoms with Crippen LogP contribution in [-0.2, 0) is 0 Å². The summed E-state index contributed by atoms with van der Waals surface area (Å²) in [5.41, 5.74) is 8.11. The number of hydrogen-bond donors (Lipinski definition) is 2. The number of benzene rings is 4. The van der Waals surface area contributed by atoms with Crippen molar-refractivity contribution in [3.8, 4) is 0 Å². The highest BCUT2D eigenvalue weighted by molar-refractivity contribution is 6.03. The van der Waals surface area contributed by atoms with Gasteiger partial charge in [0.2, 0.25) is 0 Å². The Morgan fingerprint density at radius 2 is 1.38 bits per heavy atom. The minimum atomic E-state index is -0.129. The monoisotopic (exact) mass is 340 g/mol. The van der Waals surface area contributed by atoms with Crippen molar-refractivity contribution in [3.05, 3.63) is 90.0 Å². The summed E-state index contributed by atoms with van der Waals surface area (Å²) in [5, 5.41) is 7.81. The van der Waals surface area contributed by atoms with E-state index in [0.717, 1.165) is 16.3 Å².